The smallest absolute Gasteiger partial charge is 0.166 e. The molecule has 0 saturated carbocycles. The van der Waals surface area contributed by atoms with Gasteiger partial charge in [0.05, 0.1) is 0 Å². The molecule has 0 amide bonds. The first-order valence-corrected chi connectivity index (χ1v) is 6.28. The van der Waals surface area contributed by atoms with Crippen LogP contribution < -0.4 is 5.73 Å². The molecule has 1 aliphatic rings. The van der Waals surface area contributed by atoms with E-state index in [2.05, 4.69) is 0 Å². The molecule has 0 aromatic heterocycles. The number of Topliss-reactive ketones (excluding diaryl/α,β-unsaturated/α-hetero) is 1. The molecule has 1 aliphatic carbocycles. The van der Waals surface area contributed by atoms with Crippen LogP contribution in [0.2, 0.25) is 0 Å². The van der Waals surface area contributed by atoms with Crippen molar-refractivity contribution in [3.63, 3.8) is 0 Å². The summed E-state index contributed by atoms with van der Waals surface area (Å²) in [5.74, 6) is 0.639. The van der Waals surface area contributed by atoms with Gasteiger partial charge in [-0.1, -0.05) is 6.42 Å². The second kappa shape index (κ2) is 5.32. The van der Waals surface area contributed by atoms with E-state index in [1.807, 2.05) is 0 Å². The van der Waals surface area contributed by atoms with Crippen molar-refractivity contribution in [1.29, 1.82) is 0 Å². The standard InChI is InChI=1S/C14H19NO2/c15-8-2-1-3-10-4-5-11-9-12(16)6-7-13(11)14(10)17/h6-7,9-10,16H,1-5,8,15H2. The van der Waals surface area contributed by atoms with E-state index in [-0.39, 0.29) is 17.5 Å². The Morgan fingerprint density at radius 3 is 2.94 bits per heavy atom. The molecule has 1 atom stereocenters. The van der Waals surface area contributed by atoms with Gasteiger partial charge in [0.25, 0.3) is 0 Å². The van der Waals surface area contributed by atoms with E-state index in [4.69, 9.17) is 5.73 Å². The van der Waals surface area contributed by atoms with Gasteiger partial charge in [0.1, 0.15) is 5.75 Å². The topological polar surface area (TPSA) is 63.3 Å². The number of nitrogens with two attached hydrogens (primary N) is 1. The number of carbonyl (C=O) groups is 1. The van der Waals surface area contributed by atoms with Crippen LogP contribution in [0.4, 0.5) is 0 Å². The van der Waals surface area contributed by atoms with E-state index in [9.17, 15) is 9.90 Å². The van der Waals surface area contributed by atoms with Gasteiger partial charge in [0.2, 0.25) is 0 Å². The molecule has 1 unspecified atom stereocenters. The maximum absolute atomic E-state index is 12.2. The Balaban J connectivity index is 2.08. The van der Waals surface area contributed by atoms with E-state index >= 15 is 0 Å². The third kappa shape index (κ3) is 2.67. The maximum atomic E-state index is 12.2. The van der Waals surface area contributed by atoms with Crippen LogP contribution in [0.3, 0.4) is 0 Å². The van der Waals surface area contributed by atoms with Crippen LogP contribution >= 0.6 is 0 Å². The Labute approximate surface area is 102 Å². The predicted molar refractivity (Wildman–Crippen MR) is 67.2 cm³/mol. The largest absolute Gasteiger partial charge is 0.508 e. The average Bonchev–Trinajstić information content (AvgIpc) is 2.32. The summed E-state index contributed by atoms with van der Waals surface area (Å²) in [5.41, 5.74) is 7.25. The molecule has 0 heterocycles. The first-order chi connectivity index (χ1) is 8.22. The number of aryl methyl sites for hydroxylation is 1. The molecule has 0 radical (unpaired) electrons. The minimum absolute atomic E-state index is 0.151. The lowest BCUT2D eigenvalue weighted by molar-refractivity contribution is 0.0893. The molecule has 0 saturated heterocycles. The first kappa shape index (κ1) is 12.1. The summed E-state index contributed by atoms with van der Waals surface area (Å²) >= 11 is 0. The zero-order valence-electron chi connectivity index (χ0n) is 9.98. The SMILES string of the molecule is NCCCCC1CCc2cc(O)ccc2C1=O. The summed E-state index contributed by atoms with van der Waals surface area (Å²) in [6.07, 6.45) is 4.76. The average molecular weight is 233 g/mol. The summed E-state index contributed by atoms with van der Waals surface area (Å²) in [6, 6.07) is 5.06. The Kier molecular flexibility index (Phi) is 3.79. The van der Waals surface area contributed by atoms with Crippen molar-refractivity contribution in [3.8, 4) is 5.75 Å². The van der Waals surface area contributed by atoms with Crippen LogP contribution in [0.15, 0.2) is 18.2 Å². The van der Waals surface area contributed by atoms with Gasteiger partial charge < -0.3 is 10.8 Å². The monoisotopic (exact) mass is 233 g/mol. The van der Waals surface area contributed by atoms with Gasteiger partial charge in [-0.2, -0.15) is 0 Å². The van der Waals surface area contributed by atoms with Gasteiger partial charge in [-0.25, -0.2) is 0 Å². The number of benzene rings is 1. The van der Waals surface area contributed by atoms with Crippen molar-refractivity contribution in [2.75, 3.05) is 6.54 Å². The fourth-order valence-corrected chi connectivity index (χ4v) is 2.52. The lowest BCUT2D eigenvalue weighted by atomic mass is 9.80. The number of hydrogen-bond acceptors (Lipinski definition) is 3. The predicted octanol–water partition coefficient (Wildman–Crippen LogP) is 2.27. The molecule has 0 fully saturated rings. The highest BCUT2D eigenvalue weighted by Gasteiger charge is 2.26. The van der Waals surface area contributed by atoms with E-state index < -0.39 is 0 Å². The lowest BCUT2D eigenvalue weighted by Crippen LogP contribution is -2.22. The molecule has 1 aromatic carbocycles. The fourth-order valence-electron chi connectivity index (χ4n) is 2.52. The van der Waals surface area contributed by atoms with Crippen LogP contribution in [-0.2, 0) is 6.42 Å². The van der Waals surface area contributed by atoms with Crippen LogP contribution in [0.1, 0.15) is 41.6 Å². The molecule has 3 N–H and O–H groups in total. The summed E-state index contributed by atoms with van der Waals surface area (Å²) in [6.45, 7) is 0.700. The van der Waals surface area contributed by atoms with Crippen molar-refractivity contribution in [1.82, 2.24) is 0 Å². The zero-order chi connectivity index (χ0) is 12.3. The van der Waals surface area contributed by atoms with Crippen LogP contribution in [0, 0.1) is 5.92 Å². The second-order valence-electron chi connectivity index (χ2n) is 4.73. The second-order valence-corrected chi connectivity index (χ2v) is 4.73. The third-order valence-corrected chi connectivity index (χ3v) is 3.49. The Bertz CT molecular complexity index is 415. The molecule has 3 heteroatoms. The quantitative estimate of drug-likeness (QED) is 0.784. The molecule has 17 heavy (non-hydrogen) atoms. The maximum Gasteiger partial charge on any atom is 0.166 e. The van der Waals surface area contributed by atoms with E-state index in [1.54, 1.807) is 18.2 Å². The summed E-state index contributed by atoms with van der Waals surface area (Å²) in [7, 11) is 0. The Hall–Kier alpha value is -1.35. The minimum Gasteiger partial charge on any atom is -0.508 e. The number of rotatable bonds is 4. The molecular weight excluding hydrogens is 214 g/mol. The van der Waals surface area contributed by atoms with Crippen LogP contribution in [0.25, 0.3) is 0 Å². The van der Waals surface area contributed by atoms with E-state index in [0.717, 1.165) is 43.2 Å². The van der Waals surface area contributed by atoms with Gasteiger partial charge >= 0.3 is 0 Å². The minimum atomic E-state index is 0.151. The molecular formula is C14H19NO2. The van der Waals surface area contributed by atoms with Crippen molar-refractivity contribution in [3.05, 3.63) is 29.3 Å². The number of carbonyl (C=O) groups excluding carboxylic acids is 1. The van der Waals surface area contributed by atoms with E-state index in [0.29, 0.717) is 6.54 Å². The molecule has 2 rings (SSSR count). The van der Waals surface area contributed by atoms with Gasteiger partial charge in [-0.05, 0) is 56.0 Å². The van der Waals surface area contributed by atoms with Gasteiger partial charge in [-0.15, -0.1) is 0 Å². The van der Waals surface area contributed by atoms with Gasteiger partial charge in [-0.3, -0.25) is 4.79 Å². The van der Waals surface area contributed by atoms with Crippen molar-refractivity contribution >= 4 is 5.78 Å². The van der Waals surface area contributed by atoms with Crippen molar-refractivity contribution in [2.24, 2.45) is 11.7 Å². The summed E-state index contributed by atoms with van der Waals surface area (Å²) in [4.78, 5) is 12.2. The van der Waals surface area contributed by atoms with Crippen molar-refractivity contribution in [2.45, 2.75) is 32.1 Å². The molecule has 1 aromatic rings. The molecule has 0 bridgehead atoms. The molecule has 0 aliphatic heterocycles. The number of aromatic hydroxyl groups is 1. The van der Waals surface area contributed by atoms with Gasteiger partial charge in [0.15, 0.2) is 5.78 Å². The normalized spacial score (nSPS) is 19.1. The highest BCUT2D eigenvalue weighted by atomic mass is 16.3. The van der Waals surface area contributed by atoms with Gasteiger partial charge in [0, 0.05) is 11.5 Å². The number of unbranched alkanes of at least 4 members (excludes halogenated alkanes) is 1. The summed E-state index contributed by atoms with van der Waals surface area (Å²) < 4.78 is 0. The summed E-state index contributed by atoms with van der Waals surface area (Å²) in [5, 5.41) is 9.39. The Morgan fingerprint density at radius 1 is 1.35 bits per heavy atom. The zero-order valence-corrected chi connectivity index (χ0v) is 9.98. The first-order valence-electron chi connectivity index (χ1n) is 6.28. The number of hydrogen-bond donors (Lipinski definition) is 2. The number of ketones is 1. The highest BCUT2D eigenvalue weighted by molar-refractivity contribution is 6.00. The molecule has 3 nitrogen and oxygen atoms in total. The van der Waals surface area contributed by atoms with Crippen LogP contribution in [-0.4, -0.2) is 17.4 Å². The molecule has 92 valence electrons. The number of fused-ring (bicyclic) bond motifs is 1. The number of phenolic OH excluding ortho intramolecular Hbond substituents is 1. The van der Waals surface area contributed by atoms with Crippen molar-refractivity contribution < 1.29 is 9.90 Å². The lowest BCUT2D eigenvalue weighted by Gasteiger charge is -2.23. The third-order valence-electron chi connectivity index (χ3n) is 3.49. The molecule has 0 spiro atoms. The van der Waals surface area contributed by atoms with Crippen LogP contribution in [0.5, 0.6) is 5.75 Å². The number of phenols is 1. The Morgan fingerprint density at radius 2 is 2.18 bits per heavy atom. The highest BCUT2D eigenvalue weighted by Crippen LogP contribution is 2.30. The van der Waals surface area contributed by atoms with E-state index in [1.165, 1.54) is 0 Å². The fraction of sp³-hybridized carbons (Fsp3) is 0.500.